The fraction of sp³-hybridized carbons (Fsp3) is 0.0714. The van der Waals surface area contributed by atoms with Crippen LogP contribution in [0.4, 0.5) is 13.9 Å². The van der Waals surface area contributed by atoms with Crippen molar-refractivity contribution in [3.63, 3.8) is 0 Å². The summed E-state index contributed by atoms with van der Waals surface area (Å²) in [5.74, 6) is -0.863. The van der Waals surface area contributed by atoms with Gasteiger partial charge in [-0.15, -0.1) is 0 Å². The van der Waals surface area contributed by atoms with Crippen LogP contribution in [0.15, 0.2) is 42.5 Å². The fourth-order valence-electron chi connectivity index (χ4n) is 1.80. The van der Waals surface area contributed by atoms with Crippen LogP contribution >= 0.6 is 11.3 Å². The average Bonchev–Trinajstić information content (AvgIpc) is 2.82. The van der Waals surface area contributed by atoms with Gasteiger partial charge in [-0.05, 0) is 30.3 Å². The van der Waals surface area contributed by atoms with Crippen LogP contribution in [-0.2, 0) is 6.54 Å². The van der Waals surface area contributed by atoms with Gasteiger partial charge < -0.3 is 5.32 Å². The molecule has 96 valence electrons. The molecule has 19 heavy (non-hydrogen) atoms. The van der Waals surface area contributed by atoms with Gasteiger partial charge in [-0.3, -0.25) is 0 Å². The minimum absolute atomic E-state index is 0.212. The van der Waals surface area contributed by atoms with Crippen molar-refractivity contribution < 1.29 is 8.78 Å². The third-order valence-corrected chi connectivity index (χ3v) is 3.73. The molecule has 0 saturated heterocycles. The minimum Gasteiger partial charge on any atom is -0.357 e. The zero-order valence-corrected chi connectivity index (χ0v) is 10.7. The van der Waals surface area contributed by atoms with Crippen molar-refractivity contribution in [2.75, 3.05) is 5.32 Å². The number of hydrogen-bond acceptors (Lipinski definition) is 3. The number of aromatic nitrogens is 1. The first kappa shape index (κ1) is 12.0. The first-order valence-electron chi connectivity index (χ1n) is 5.76. The summed E-state index contributed by atoms with van der Waals surface area (Å²) in [6, 6.07) is 11.2. The van der Waals surface area contributed by atoms with Crippen molar-refractivity contribution in [1.82, 2.24) is 4.98 Å². The van der Waals surface area contributed by atoms with Gasteiger partial charge in [0.25, 0.3) is 0 Å². The highest BCUT2D eigenvalue weighted by Crippen LogP contribution is 2.25. The lowest BCUT2D eigenvalue weighted by atomic mass is 10.2. The molecule has 0 radical (unpaired) electrons. The molecule has 0 bridgehead atoms. The summed E-state index contributed by atoms with van der Waals surface area (Å²) in [5.41, 5.74) is 1.19. The maximum Gasteiger partial charge on any atom is 0.184 e. The summed E-state index contributed by atoms with van der Waals surface area (Å²) >= 11 is 1.49. The zero-order valence-electron chi connectivity index (χ0n) is 9.86. The van der Waals surface area contributed by atoms with Crippen molar-refractivity contribution in [3.05, 3.63) is 59.7 Å². The lowest BCUT2D eigenvalue weighted by Crippen LogP contribution is -2.01. The van der Waals surface area contributed by atoms with Crippen LogP contribution in [0.25, 0.3) is 10.2 Å². The number of nitrogens with zero attached hydrogens (tertiary/aromatic N) is 1. The number of fused-ring (bicyclic) bond motifs is 1. The molecule has 0 amide bonds. The van der Waals surface area contributed by atoms with E-state index in [4.69, 9.17) is 0 Å². The second kappa shape index (κ2) is 4.93. The molecule has 0 atom stereocenters. The first-order chi connectivity index (χ1) is 9.22. The van der Waals surface area contributed by atoms with Crippen molar-refractivity contribution in [3.8, 4) is 0 Å². The molecule has 5 heteroatoms. The van der Waals surface area contributed by atoms with Gasteiger partial charge in [0.05, 0.1) is 10.2 Å². The van der Waals surface area contributed by atoms with Crippen molar-refractivity contribution in [1.29, 1.82) is 0 Å². The molecule has 0 aliphatic heterocycles. The Morgan fingerprint density at radius 3 is 2.79 bits per heavy atom. The Morgan fingerprint density at radius 2 is 1.95 bits per heavy atom. The summed E-state index contributed by atoms with van der Waals surface area (Å²) in [6.45, 7) is 0.212. The number of anilines is 1. The number of para-hydroxylation sites is 1. The fourth-order valence-corrected chi connectivity index (χ4v) is 2.66. The minimum atomic E-state index is -0.442. The quantitative estimate of drug-likeness (QED) is 0.776. The molecule has 0 saturated carbocycles. The predicted molar refractivity (Wildman–Crippen MR) is 73.3 cm³/mol. The van der Waals surface area contributed by atoms with E-state index in [0.29, 0.717) is 10.7 Å². The van der Waals surface area contributed by atoms with E-state index >= 15 is 0 Å². The van der Waals surface area contributed by atoms with Gasteiger partial charge in [0, 0.05) is 12.1 Å². The Labute approximate surface area is 112 Å². The highest BCUT2D eigenvalue weighted by molar-refractivity contribution is 7.22. The molecule has 3 rings (SSSR count). The number of thiazole rings is 1. The van der Waals surface area contributed by atoms with Crippen LogP contribution in [0.2, 0.25) is 0 Å². The molecular formula is C14H10F2N2S. The number of hydrogen-bond donors (Lipinski definition) is 1. The molecule has 1 heterocycles. The van der Waals surface area contributed by atoms with Gasteiger partial charge in [0.2, 0.25) is 0 Å². The highest BCUT2D eigenvalue weighted by Gasteiger charge is 2.06. The van der Waals surface area contributed by atoms with E-state index in [1.54, 1.807) is 0 Å². The largest absolute Gasteiger partial charge is 0.357 e. The van der Waals surface area contributed by atoms with Gasteiger partial charge in [-0.1, -0.05) is 23.5 Å². The van der Waals surface area contributed by atoms with Crippen LogP contribution < -0.4 is 5.32 Å². The Balaban J connectivity index is 1.80. The predicted octanol–water partition coefficient (Wildman–Crippen LogP) is 4.19. The zero-order chi connectivity index (χ0) is 13.2. The summed E-state index contributed by atoms with van der Waals surface area (Å²) in [4.78, 5) is 4.37. The standard InChI is InChI=1S/C14H10F2N2S/c15-10-5-6-11(16)9(7-10)8-17-14-18-12-3-1-2-4-13(12)19-14/h1-7H,8H2,(H,17,18). The first-order valence-corrected chi connectivity index (χ1v) is 6.57. The molecule has 0 aliphatic carbocycles. The summed E-state index contributed by atoms with van der Waals surface area (Å²) in [5, 5.41) is 3.72. The topological polar surface area (TPSA) is 24.9 Å². The summed E-state index contributed by atoms with van der Waals surface area (Å²) in [6.07, 6.45) is 0. The van der Waals surface area contributed by atoms with E-state index in [-0.39, 0.29) is 6.54 Å². The van der Waals surface area contributed by atoms with Crippen LogP contribution in [0.5, 0.6) is 0 Å². The smallest absolute Gasteiger partial charge is 0.184 e. The SMILES string of the molecule is Fc1ccc(F)c(CNc2nc3ccccc3s2)c1. The third-order valence-electron chi connectivity index (χ3n) is 2.73. The van der Waals surface area contributed by atoms with Crippen molar-refractivity contribution in [2.24, 2.45) is 0 Å². The van der Waals surface area contributed by atoms with Gasteiger partial charge in [-0.25, -0.2) is 13.8 Å². The van der Waals surface area contributed by atoms with E-state index in [1.807, 2.05) is 24.3 Å². The molecule has 2 aromatic carbocycles. The van der Waals surface area contributed by atoms with E-state index in [2.05, 4.69) is 10.3 Å². The number of halogens is 2. The maximum atomic E-state index is 13.5. The van der Waals surface area contributed by atoms with Crippen LogP contribution in [0.1, 0.15) is 5.56 Å². The molecule has 3 aromatic rings. The number of benzene rings is 2. The second-order valence-electron chi connectivity index (χ2n) is 4.08. The van der Waals surface area contributed by atoms with Crippen LogP contribution in [-0.4, -0.2) is 4.98 Å². The van der Waals surface area contributed by atoms with Gasteiger partial charge >= 0.3 is 0 Å². The van der Waals surface area contributed by atoms with Crippen molar-refractivity contribution in [2.45, 2.75) is 6.54 Å². The molecule has 0 aliphatic rings. The van der Waals surface area contributed by atoms with Crippen LogP contribution in [0.3, 0.4) is 0 Å². The Kier molecular flexibility index (Phi) is 3.13. The van der Waals surface area contributed by atoms with Crippen LogP contribution in [0, 0.1) is 11.6 Å². The van der Waals surface area contributed by atoms with E-state index in [9.17, 15) is 8.78 Å². The second-order valence-corrected chi connectivity index (χ2v) is 5.11. The van der Waals surface area contributed by atoms with E-state index in [1.165, 1.54) is 17.4 Å². The van der Waals surface area contributed by atoms with Gasteiger partial charge in [0.1, 0.15) is 11.6 Å². The van der Waals surface area contributed by atoms with E-state index < -0.39 is 11.6 Å². The molecular weight excluding hydrogens is 266 g/mol. The monoisotopic (exact) mass is 276 g/mol. The molecule has 0 unspecified atom stereocenters. The van der Waals surface area contributed by atoms with Gasteiger partial charge in [-0.2, -0.15) is 0 Å². The Morgan fingerprint density at radius 1 is 1.11 bits per heavy atom. The molecule has 2 nitrogen and oxygen atoms in total. The van der Waals surface area contributed by atoms with Gasteiger partial charge in [0.15, 0.2) is 5.13 Å². The van der Waals surface area contributed by atoms with E-state index in [0.717, 1.165) is 22.3 Å². The third kappa shape index (κ3) is 2.56. The lowest BCUT2D eigenvalue weighted by molar-refractivity contribution is 0.587. The molecule has 0 spiro atoms. The molecule has 0 fully saturated rings. The Bertz CT molecular complexity index is 691. The normalized spacial score (nSPS) is 10.8. The summed E-state index contributed by atoms with van der Waals surface area (Å²) in [7, 11) is 0. The molecule has 1 N–H and O–H groups in total. The molecule has 1 aromatic heterocycles. The maximum absolute atomic E-state index is 13.5. The average molecular weight is 276 g/mol. The number of nitrogens with one attached hydrogen (secondary N) is 1. The lowest BCUT2D eigenvalue weighted by Gasteiger charge is -2.04. The van der Waals surface area contributed by atoms with Crippen molar-refractivity contribution >= 4 is 26.7 Å². The Hall–Kier alpha value is -2.01. The number of rotatable bonds is 3. The highest BCUT2D eigenvalue weighted by atomic mass is 32.1. The summed E-state index contributed by atoms with van der Waals surface area (Å²) < 4.78 is 27.5.